The van der Waals surface area contributed by atoms with Gasteiger partial charge in [-0.2, -0.15) is 0 Å². The van der Waals surface area contributed by atoms with Crippen molar-refractivity contribution < 1.29 is 9.47 Å². The van der Waals surface area contributed by atoms with E-state index in [2.05, 4.69) is 18.8 Å². The summed E-state index contributed by atoms with van der Waals surface area (Å²) >= 11 is 5.92. The number of aryl methyl sites for hydroxylation is 1. The highest BCUT2D eigenvalue weighted by molar-refractivity contribution is 6.17. The molecule has 3 nitrogen and oxygen atoms in total. The molecule has 100 valence electrons. The quantitative estimate of drug-likeness (QED) is 0.779. The molecule has 1 atom stereocenters. The summed E-state index contributed by atoms with van der Waals surface area (Å²) in [5.41, 5.74) is 2.97. The molecule has 0 fully saturated rings. The second-order valence-corrected chi connectivity index (χ2v) is 4.95. The Morgan fingerprint density at radius 1 is 1.44 bits per heavy atom. The van der Waals surface area contributed by atoms with Crippen LogP contribution in [0.2, 0.25) is 0 Å². The summed E-state index contributed by atoms with van der Waals surface area (Å²) in [4.78, 5) is 4.34. The molecule has 0 aliphatic carbocycles. The molecule has 0 aromatic carbocycles. The number of rotatable bonds is 4. The van der Waals surface area contributed by atoms with Crippen LogP contribution >= 0.6 is 11.6 Å². The molecule has 0 N–H and O–H groups in total. The fraction of sp³-hybridized carbons (Fsp3) is 0.643. The molecule has 4 heteroatoms. The highest BCUT2D eigenvalue weighted by Crippen LogP contribution is 2.34. The van der Waals surface area contributed by atoms with E-state index in [-0.39, 0.29) is 6.29 Å². The topological polar surface area (TPSA) is 31.4 Å². The van der Waals surface area contributed by atoms with Crippen LogP contribution in [0.3, 0.4) is 0 Å². The number of hydrogen-bond donors (Lipinski definition) is 0. The number of alkyl halides is 1. The molecule has 0 bridgehead atoms. The lowest BCUT2D eigenvalue weighted by atomic mass is 10.0. The highest BCUT2D eigenvalue weighted by Gasteiger charge is 2.29. The molecule has 0 saturated carbocycles. The Bertz CT molecular complexity index is 419. The van der Waals surface area contributed by atoms with Gasteiger partial charge < -0.3 is 9.47 Å². The van der Waals surface area contributed by atoms with Crippen LogP contribution < -0.4 is 4.74 Å². The smallest absolute Gasteiger partial charge is 0.203 e. The van der Waals surface area contributed by atoms with Gasteiger partial charge in [-0.1, -0.05) is 13.8 Å². The van der Waals surface area contributed by atoms with Crippen molar-refractivity contribution in [1.29, 1.82) is 0 Å². The van der Waals surface area contributed by atoms with E-state index >= 15 is 0 Å². The van der Waals surface area contributed by atoms with Crippen molar-refractivity contribution in [1.82, 2.24) is 4.98 Å². The SMILES string of the molecule is CCC(CC)C1OCc2c(CCl)cnc(C)c2O1. The van der Waals surface area contributed by atoms with Gasteiger partial charge in [0.15, 0.2) is 0 Å². The zero-order valence-corrected chi connectivity index (χ0v) is 12.0. The van der Waals surface area contributed by atoms with Gasteiger partial charge >= 0.3 is 0 Å². The zero-order valence-electron chi connectivity index (χ0n) is 11.2. The Balaban J connectivity index is 2.28. The number of pyridine rings is 1. The van der Waals surface area contributed by atoms with Gasteiger partial charge in [-0.3, -0.25) is 4.98 Å². The van der Waals surface area contributed by atoms with Crippen LogP contribution in [0.4, 0.5) is 0 Å². The molecule has 1 aromatic rings. The first-order valence-electron chi connectivity index (χ1n) is 6.52. The molecular formula is C14H20ClNO2. The van der Waals surface area contributed by atoms with Crippen molar-refractivity contribution >= 4 is 11.6 Å². The van der Waals surface area contributed by atoms with Crippen molar-refractivity contribution in [2.24, 2.45) is 5.92 Å². The van der Waals surface area contributed by atoms with E-state index in [9.17, 15) is 0 Å². The highest BCUT2D eigenvalue weighted by atomic mass is 35.5. The summed E-state index contributed by atoms with van der Waals surface area (Å²) < 4.78 is 11.8. The van der Waals surface area contributed by atoms with E-state index in [1.54, 1.807) is 0 Å². The van der Waals surface area contributed by atoms with Crippen molar-refractivity contribution in [2.45, 2.75) is 52.4 Å². The number of nitrogens with zero attached hydrogens (tertiary/aromatic N) is 1. The minimum atomic E-state index is -0.154. The van der Waals surface area contributed by atoms with Gasteiger partial charge in [-0.25, -0.2) is 0 Å². The average molecular weight is 270 g/mol. The third-order valence-electron chi connectivity index (χ3n) is 3.61. The molecule has 18 heavy (non-hydrogen) atoms. The molecule has 1 aromatic heterocycles. The van der Waals surface area contributed by atoms with Gasteiger partial charge in [0.2, 0.25) is 6.29 Å². The number of ether oxygens (including phenoxy) is 2. The number of hydrogen-bond acceptors (Lipinski definition) is 3. The van der Waals surface area contributed by atoms with E-state index in [0.717, 1.165) is 35.4 Å². The summed E-state index contributed by atoms with van der Waals surface area (Å²) in [5.74, 6) is 1.74. The predicted molar refractivity (Wildman–Crippen MR) is 71.8 cm³/mol. The lowest BCUT2D eigenvalue weighted by Gasteiger charge is -2.32. The molecular weight excluding hydrogens is 250 g/mol. The standard InChI is InChI=1S/C14H20ClNO2/c1-4-10(5-2)14-17-8-12-11(6-15)7-16-9(3)13(12)18-14/h7,10,14H,4-6,8H2,1-3H3. The van der Waals surface area contributed by atoms with E-state index < -0.39 is 0 Å². The molecule has 0 saturated heterocycles. The third kappa shape index (κ3) is 2.47. The Morgan fingerprint density at radius 3 is 2.78 bits per heavy atom. The Labute approximate surface area is 113 Å². The molecule has 0 spiro atoms. The Kier molecular flexibility index (Phi) is 4.46. The van der Waals surface area contributed by atoms with Gasteiger partial charge in [-0.15, -0.1) is 11.6 Å². The molecule has 2 rings (SSSR count). The molecule has 1 aliphatic rings. The molecule has 0 amide bonds. The van der Waals surface area contributed by atoms with E-state index in [0.29, 0.717) is 18.4 Å². The van der Waals surface area contributed by atoms with Crippen LogP contribution in [0, 0.1) is 12.8 Å². The first kappa shape index (κ1) is 13.6. The van der Waals surface area contributed by atoms with Crippen molar-refractivity contribution in [3.63, 3.8) is 0 Å². The van der Waals surface area contributed by atoms with Crippen LogP contribution in [0.25, 0.3) is 0 Å². The Morgan fingerprint density at radius 2 is 2.17 bits per heavy atom. The zero-order chi connectivity index (χ0) is 13.1. The van der Waals surface area contributed by atoms with Crippen LogP contribution in [0.15, 0.2) is 6.20 Å². The number of fused-ring (bicyclic) bond motifs is 1. The fourth-order valence-electron chi connectivity index (χ4n) is 2.33. The summed E-state index contributed by atoms with van der Waals surface area (Å²) in [7, 11) is 0. The first-order valence-corrected chi connectivity index (χ1v) is 7.06. The maximum atomic E-state index is 6.01. The molecule has 1 aliphatic heterocycles. The molecule has 0 radical (unpaired) electrons. The molecule has 1 unspecified atom stereocenters. The van der Waals surface area contributed by atoms with Gasteiger partial charge in [0.05, 0.1) is 12.3 Å². The van der Waals surface area contributed by atoms with Gasteiger partial charge in [0.1, 0.15) is 5.75 Å². The monoisotopic (exact) mass is 269 g/mol. The van der Waals surface area contributed by atoms with Crippen LogP contribution in [-0.4, -0.2) is 11.3 Å². The normalized spacial score (nSPS) is 18.6. The number of halogens is 1. The summed E-state index contributed by atoms with van der Waals surface area (Å²) in [5, 5.41) is 0. The van der Waals surface area contributed by atoms with Crippen LogP contribution in [0.5, 0.6) is 5.75 Å². The fourth-order valence-corrected chi connectivity index (χ4v) is 2.56. The van der Waals surface area contributed by atoms with E-state index in [4.69, 9.17) is 21.1 Å². The average Bonchev–Trinajstić information content (AvgIpc) is 2.41. The van der Waals surface area contributed by atoms with Crippen molar-refractivity contribution in [3.05, 3.63) is 23.0 Å². The van der Waals surface area contributed by atoms with Crippen molar-refractivity contribution in [2.75, 3.05) is 0 Å². The van der Waals surface area contributed by atoms with Gasteiger partial charge in [-0.05, 0) is 25.3 Å². The number of aromatic nitrogens is 1. The second-order valence-electron chi connectivity index (χ2n) is 4.68. The first-order chi connectivity index (χ1) is 8.71. The second kappa shape index (κ2) is 5.89. The van der Waals surface area contributed by atoms with Crippen LogP contribution in [-0.2, 0) is 17.2 Å². The van der Waals surface area contributed by atoms with Gasteiger partial charge in [0, 0.05) is 23.6 Å². The lowest BCUT2D eigenvalue weighted by Crippen LogP contribution is -2.33. The maximum Gasteiger partial charge on any atom is 0.203 e. The minimum Gasteiger partial charge on any atom is -0.462 e. The van der Waals surface area contributed by atoms with E-state index in [1.807, 2.05) is 13.1 Å². The molecule has 2 heterocycles. The van der Waals surface area contributed by atoms with Gasteiger partial charge in [0.25, 0.3) is 0 Å². The Hall–Kier alpha value is -0.800. The largest absolute Gasteiger partial charge is 0.462 e. The minimum absolute atomic E-state index is 0.154. The van der Waals surface area contributed by atoms with Crippen molar-refractivity contribution in [3.8, 4) is 5.75 Å². The van der Waals surface area contributed by atoms with Crippen LogP contribution in [0.1, 0.15) is 43.5 Å². The summed E-state index contributed by atoms with van der Waals surface area (Å²) in [6.45, 7) is 6.86. The summed E-state index contributed by atoms with van der Waals surface area (Å²) in [6.07, 6.45) is 3.76. The lowest BCUT2D eigenvalue weighted by molar-refractivity contribution is -0.142. The maximum absolute atomic E-state index is 6.01. The predicted octanol–water partition coefficient (Wildman–Crippen LogP) is 3.80. The van der Waals surface area contributed by atoms with E-state index in [1.165, 1.54) is 0 Å². The summed E-state index contributed by atoms with van der Waals surface area (Å²) in [6, 6.07) is 0. The third-order valence-corrected chi connectivity index (χ3v) is 3.90.